The van der Waals surface area contributed by atoms with Crippen LogP contribution in [0, 0.1) is 16.7 Å². The first-order chi connectivity index (χ1) is 13.1. The number of likely N-dealkylation sites (tertiary alicyclic amines) is 1. The number of carbonyl (C=O) groups is 1. The van der Waals surface area contributed by atoms with Gasteiger partial charge in [-0.1, -0.05) is 0 Å². The number of nitrogens with zero attached hydrogens (tertiary/aromatic N) is 4. The fourth-order valence-electron chi connectivity index (χ4n) is 4.41. The van der Waals surface area contributed by atoms with E-state index in [0.29, 0.717) is 24.5 Å². The van der Waals surface area contributed by atoms with Crippen molar-refractivity contribution < 1.29 is 14.3 Å². The minimum atomic E-state index is 0.0858. The molecule has 1 aromatic heterocycles. The maximum atomic E-state index is 12.4. The smallest absolute Gasteiger partial charge is 0.233 e. The maximum absolute atomic E-state index is 12.4. The number of anilines is 1. The average Bonchev–Trinajstić information content (AvgIpc) is 2.70. The molecule has 1 unspecified atom stereocenters. The first kappa shape index (κ1) is 19.4. The van der Waals surface area contributed by atoms with Crippen molar-refractivity contribution >= 4 is 11.6 Å². The highest BCUT2D eigenvalue weighted by atomic mass is 16.5. The second kappa shape index (κ2) is 8.57. The molecule has 0 bridgehead atoms. The van der Waals surface area contributed by atoms with Gasteiger partial charge in [-0.15, -0.1) is 0 Å². The zero-order valence-electron chi connectivity index (χ0n) is 16.2. The monoisotopic (exact) mass is 372 g/mol. The van der Waals surface area contributed by atoms with Crippen LogP contribution < -0.4 is 9.64 Å². The molecule has 3 rings (SSSR count). The van der Waals surface area contributed by atoms with Gasteiger partial charge in [0.1, 0.15) is 11.6 Å². The van der Waals surface area contributed by atoms with E-state index in [0.717, 1.165) is 57.5 Å². The number of aromatic nitrogens is 1. The van der Waals surface area contributed by atoms with Gasteiger partial charge < -0.3 is 19.3 Å². The van der Waals surface area contributed by atoms with Crippen molar-refractivity contribution in [2.24, 2.45) is 5.41 Å². The van der Waals surface area contributed by atoms with Gasteiger partial charge in [0.05, 0.1) is 12.8 Å². The van der Waals surface area contributed by atoms with Gasteiger partial charge in [-0.3, -0.25) is 4.79 Å². The van der Waals surface area contributed by atoms with Gasteiger partial charge in [-0.2, -0.15) is 5.26 Å². The third-order valence-electron chi connectivity index (χ3n) is 5.73. The van der Waals surface area contributed by atoms with E-state index in [2.05, 4.69) is 16.0 Å². The van der Waals surface area contributed by atoms with Crippen LogP contribution in [0.5, 0.6) is 5.88 Å². The molecule has 2 aliphatic rings. The Hall–Kier alpha value is -2.33. The summed E-state index contributed by atoms with van der Waals surface area (Å²) >= 11 is 0. The fourth-order valence-corrected chi connectivity index (χ4v) is 4.41. The zero-order chi connectivity index (χ0) is 19.3. The number of hydrogen-bond acceptors (Lipinski definition) is 6. The molecule has 1 spiro atoms. The Morgan fingerprint density at radius 2 is 2.19 bits per heavy atom. The Labute approximate surface area is 160 Å². The number of nitriles is 1. The van der Waals surface area contributed by atoms with Gasteiger partial charge in [0.15, 0.2) is 0 Å². The summed E-state index contributed by atoms with van der Waals surface area (Å²) in [5.41, 5.74) is 1.45. The van der Waals surface area contributed by atoms with Crippen molar-refractivity contribution in [3.05, 3.63) is 17.8 Å². The van der Waals surface area contributed by atoms with Crippen LogP contribution in [0.4, 0.5) is 5.69 Å². The van der Waals surface area contributed by atoms with Gasteiger partial charge in [0.2, 0.25) is 11.8 Å². The lowest BCUT2D eigenvalue weighted by atomic mass is 9.73. The lowest BCUT2D eigenvalue weighted by Gasteiger charge is -2.49. The predicted molar refractivity (Wildman–Crippen MR) is 102 cm³/mol. The van der Waals surface area contributed by atoms with Crippen LogP contribution in [0.1, 0.15) is 37.7 Å². The molecule has 146 valence electrons. The Kier molecular flexibility index (Phi) is 6.17. The van der Waals surface area contributed by atoms with E-state index in [9.17, 15) is 10.1 Å². The molecule has 3 heterocycles. The van der Waals surface area contributed by atoms with E-state index in [-0.39, 0.29) is 11.3 Å². The normalized spacial score (nSPS) is 22.8. The lowest BCUT2D eigenvalue weighted by Crippen LogP contribution is -2.54. The fraction of sp³-hybridized carbons (Fsp3) is 0.650. The van der Waals surface area contributed by atoms with Crippen molar-refractivity contribution in [1.29, 1.82) is 5.26 Å². The molecule has 1 amide bonds. The number of rotatable bonds is 6. The summed E-state index contributed by atoms with van der Waals surface area (Å²) in [4.78, 5) is 20.8. The number of carbonyl (C=O) groups excluding carboxylic acids is 1. The molecule has 7 nitrogen and oxygen atoms in total. The molecule has 0 N–H and O–H groups in total. The SMILES string of the molecule is COCCCN1CC2(CCCN(c3ccnc(OC)c3C#N)C2)CCC1=O. The summed E-state index contributed by atoms with van der Waals surface area (Å²) in [6.07, 6.45) is 6.23. The summed E-state index contributed by atoms with van der Waals surface area (Å²) < 4.78 is 10.4. The largest absolute Gasteiger partial charge is 0.480 e. The van der Waals surface area contributed by atoms with E-state index in [1.54, 1.807) is 13.3 Å². The molecule has 0 aliphatic carbocycles. The second-order valence-corrected chi connectivity index (χ2v) is 7.51. The van der Waals surface area contributed by atoms with Gasteiger partial charge in [-0.05, 0) is 31.7 Å². The zero-order valence-corrected chi connectivity index (χ0v) is 16.2. The minimum absolute atomic E-state index is 0.0858. The van der Waals surface area contributed by atoms with E-state index in [1.807, 2.05) is 11.0 Å². The standard InChI is InChI=1S/C20H28N4O3/c1-26-12-4-11-24-15-20(8-5-18(24)25)7-3-10-23(14-20)17-6-9-22-19(27-2)16(17)13-21/h6,9H,3-5,7-8,10-12,14-15H2,1-2H3. The van der Waals surface area contributed by atoms with Crippen molar-refractivity contribution in [3.8, 4) is 11.9 Å². The van der Waals surface area contributed by atoms with Gasteiger partial charge in [0.25, 0.3) is 0 Å². The molecule has 1 aromatic rings. The van der Waals surface area contributed by atoms with Crippen LogP contribution in [0.15, 0.2) is 12.3 Å². The number of methoxy groups -OCH3 is 2. The van der Waals surface area contributed by atoms with Crippen LogP contribution >= 0.6 is 0 Å². The number of hydrogen-bond donors (Lipinski definition) is 0. The number of pyridine rings is 1. The number of amides is 1. The number of piperidine rings is 2. The summed E-state index contributed by atoms with van der Waals surface area (Å²) in [6.45, 7) is 3.96. The third kappa shape index (κ3) is 4.16. The second-order valence-electron chi connectivity index (χ2n) is 7.51. The topological polar surface area (TPSA) is 78.7 Å². The number of ether oxygens (including phenoxy) is 2. The highest BCUT2D eigenvalue weighted by Gasteiger charge is 2.42. The van der Waals surface area contributed by atoms with E-state index in [1.165, 1.54) is 7.11 Å². The molecule has 7 heteroatoms. The minimum Gasteiger partial charge on any atom is -0.480 e. The molecule has 2 fully saturated rings. The Morgan fingerprint density at radius 3 is 2.93 bits per heavy atom. The molecule has 2 aliphatic heterocycles. The summed E-state index contributed by atoms with van der Waals surface area (Å²) in [7, 11) is 3.23. The molecule has 27 heavy (non-hydrogen) atoms. The van der Waals surface area contributed by atoms with Crippen molar-refractivity contribution in [3.63, 3.8) is 0 Å². The first-order valence-corrected chi connectivity index (χ1v) is 9.57. The molecule has 0 saturated carbocycles. The van der Waals surface area contributed by atoms with Crippen molar-refractivity contribution in [1.82, 2.24) is 9.88 Å². The van der Waals surface area contributed by atoms with E-state index >= 15 is 0 Å². The van der Waals surface area contributed by atoms with Crippen LogP contribution in [-0.4, -0.2) is 62.8 Å². The van der Waals surface area contributed by atoms with Crippen LogP contribution in [0.25, 0.3) is 0 Å². The molecule has 2 saturated heterocycles. The molecule has 0 radical (unpaired) electrons. The Balaban J connectivity index is 1.78. The van der Waals surface area contributed by atoms with Crippen LogP contribution in [-0.2, 0) is 9.53 Å². The van der Waals surface area contributed by atoms with Gasteiger partial charge in [-0.25, -0.2) is 4.98 Å². The predicted octanol–water partition coefficient (Wildman–Crippen LogP) is 2.21. The lowest BCUT2D eigenvalue weighted by molar-refractivity contribution is -0.138. The Morgan fingerprint density at radius 1 is 1.33 bits per heavy atom. The van der Waals surface area contributed by atoms with Gasteiger partial charge in [0, 0.05) is 57.9 Å². The quantitative estimate of drug-likeness (QED) is 0.713. The molecular weight excluding hydrogens is 344 g/mol. The molecule has 0 aromatic carbocycles. The molecule has 1 atom stereocenters. The highest BCUT2D eigenvalue weighted by Crippen LogP contribution is 2.41. The van der Waals surface area contributed by atoms with E-state index in [4.69, 9.17) is 9.47 Å². The van der Waals surface area contributed by atoms with Gasteiger partial charge >= 0.3 is 0 Å². The first-order valence-electron chi connectivity index (χ1n) is 9.57. The van der Waals surface area contributed by atoms with Crippen LogP contribution in [0.2, 0.25) is 0 Å². The van der Waals surface area contributed by atoms with Crippen LogP contribution in [0.3, 0.4) is 0 Å². The van der Waals surface area contributed by atoms with E-state index < -0.39 is 0 Å². The summed E-state index contributed by atoms with van der Waals surface area (Å²) in [6, 6.07) is 4.14. The highest BCUT2D eigenvalue weighted by molar-refractivity contribution is 5.77. The van der Waals surface area contributed by atoms with Crippen molar-refractivity contribution in [2.45, 2.75) is 32.1 Å². The maximum Gasteiger partial charge on any atom is 0.233 e. The summed E-state index contributed by atoms with van der Waals surface area (Å²) in [5.74, 6) is 0.617. The van der Waals surface area contributed by atoms with Crippen molar-refractivity contribution in [2.75, 3.05) is 51.9 Å². The Bertz CT molecular complexity index is 718. The average molecular weight is 372 g/mol. The third-order valence-corrected chi connectivity index (χ3v) is 5.73. The summed E-state index contributed by atoms with van der Waals surface area (Å²) in [5, 5.41) is 9.60. The molecular formula is C20H28N4O3.